The molecule has 1 N–H and O–H groups in total. The average molecular weight is 314 g/mol. The van der Waals surface area contributed by atoms with Crippen molar-refractivity contribution in [3.05, 3.63) is 14.5 Å². The fourth-order valence-corrected chi connectivity index (χ4v) is 3.46. The van der Waals surface area contributed by atoms with Crippen LogP contribution in [-0.2, 0) is 23.0 Å². The SMILES string of the molecule is CCc1nc(Br)sc1CCCS(=O)(=O)O. The van der Waals surface area contributed by atoms with Crippen LogP contribution in [0.15, 0.2) is 3.92 Å². The molecule has 1 rings (SSSR count). The third kappa shape index (κ3) is 4.58. The van der Waals surface area contributed by atoms with Crippen molar-refractivity contribution in [3.63, 3.8) is 0 Å². The number of aryl methyl sites for hydroxylation is 2. The predicted molar refractivity (Wildman–Crippen MR) is 63.9 cm³/mol. The predicted octanol–water partition coefficient (Wildman–Crippen LogP) is 2.29. The summed E-state index contributed by atoms with van der Waals surface area (Å²) in [5.41, 5.74) is 1.00. The fraction of sp³-hybridized carbons (Fsp3) is 0.625. The second-order valence-corrected chi connectivity index (χ2v) is 7.01. The molecule has 0 spiro atoms. The standard InChI is InChI=1S/C8H12BrNO3S2/c1-2-6-7(14-8(9)10-6)4-3-5-15(11,12)13/h2-5H2,1H3,(H,11,12,13). The topological polar surface area (TPSA) is 67.3 Å². The highest BCUT2D eigenvalue weighted by Crippen LogP contribution is 2.24. The van der Waals surface area contributed by atoms with E-state index in [-0.39, 0.29) is 5.75 Å². The van der Waals surface area contributed by atoms with E-state index in [4.69, 9.17) is 4.55 Å². The maximum atomic E-state index is 10.5. The van der Waals surface area contributed by atoms with Gasteiger partial charge in [0.25, 0.3) is 10.1 Å². The molecule has 1 aromatic heterocycles. The lowest BCUT2D eigenvalue weighted by Crippen LogP contribution is -2.04. The van der Waals surface area contributed by atoms with Crippen LogP contribution < -0.4 is 0 Å². The van der Waals surface area contributed by atoms with Gasteiger partial charge in [-0.2, -0.15) is 8.42 Å². The Labute approximate surface area is 102 Å². The minimum atomic E-state index is -3.83. The molecule has 0 unspecified atom stereocenters. The van der Waals surface area contributed by atoms with Gasteiger partial charge in [0.1, 0.15) is 0 Å². The Morgan fingerprint density at radius 2 is 2.20 bits per heavy atom. The lowest BCUT2D eigenvalue weighted by atomic mass is 10.2. The molecule has 0 atom stereocenters. The Hall–Kier alpha value is 0.0200. The summed E-state index contributed by atoms with van der Waals surface area (Å²) in [4.78, 5) is 5.36. The molecule has 0 saturated heterocycles. The molecule has 0 fully saturated rings. The second-order valence-electron chi connectivity index (χ2n) is 3.08. The Kier molecular flexibility index (Phi) is 4.69. The van der Waals surface area contributed by atoms with E-state index in [0.717, 1.165) is 20.9 Å². The Balaban J connectivity index is 2.57. The van der Waals surface area contributed by atoms with Crippen LogP contribution in [0.3, 0.4) is 0 Å². The summed E-state index contributed by atoms with van der Waals surface area (Å²) in [6.07, 6.45) is 1.91. The summed E-state index contributed by atoms with van der Waals surface area (Å²) >= 11 is 4.81. The van der Waals surface area contributed by atoms with Gasteiger partial charge in [-0.1, -0.05) is 6.92 Å². The van der Waals surface area contributed by atoms with Gasteiger partial charge >= 0.3 is 0 Å². The summed E-state index contributed by atoms with van der Waals surface area (Å²) in [7, 11) is -3.83. The van der Waals surface area contributed by atoms with Crippen LogP contribution in [0.2, 0.25) is 0 Å². The number of rotatable bonds is 5. The van der Waals surface area contributed by atoms with E-state index in [2.05, 4.69) is 20.9 Å². The van der Waals surface area contributed by atoms with Gasteiger partial charge in [0.2, 0.25) is 0 Å². The highest BCUT2D eigenvalue weighted by Gasteiger charge is 2.10. The lowest BCUT2D eigenvalue weighted by molar-refractivity contribution is 0.481. The molecule has 1 aromatic rings. The zero-order chi connectivity index (χ0) is 11.5. The van der Waals surface area contributed by atoms with Crippen molar-refractivity contribution >= 4 is 37.4 Å². The third-order valence-electron chi connectivity index (χ3n) is 1.89. The van der Waals surface area contributed by atoms with Crippen molar-refractivity contribution in [2.24, 2.45) is 0 Å². The quantitative estimate of drug-likeness (QED) is 0.847. The van der Waals surface area contributed by atoms with Crippen molar-refractivity contribution in [3.8, 4) is 0 Å². The molecule has 0 amide bonds. The first-order valence-corrected chi connectivity index (χ1v) is 7.73. The molecule has 0 aliphatic heterocycles. The second kappa shape index (κ2) is 5.38. The molecule has 0 saturated carbocycles. The number of halogens is 1. The van der Waals surface area contributed by atoms with Crippen LogP contribution in [0, 0.1) is 0 Å². The van der Waals surface area contributed by atoms with E-state index in [1.54, 1.807) is 0 Å². The highest BCUT2D eigenvalue weighted by atomic mass is 79.9. The van der Waals surface area contributed by atoms with E-state index in [1.807, 2.05) is 6.92 Å². The first-order valence-electron chi connectivity index (χ1n) is 4.51. The highest BCUT2D eigenvalue weighted by molar-refractivity contribution is 9.11. The number of hydrogen-bond acceptors (Lipinski definition) is 4. The summed E-state index contributed by atoms with van der Waals surface area (Å²) in [6, 6.07) is 0. The molecule has 0 aliphatic rings. The molecule has 0 aliphatic carbocycles. The van der Waals surface area contributed by atoms with Gasteiger partial charge in [-0.15, -0.1) is 11.3 Å². The van der Waals surface area contributed by atoms with Gasteiger partial charge in [-0.05, 0) is 35.2 Å². The minimum absolute atomic E-state index is 0.189. The van der Waals surface area contributed by atoms with Crippen molar-refractivity contribution < 1.29 is 13.0 Å². The minimum Gasteiger partial charge on any atom is -0.286 e. The van der Waals surface area contributed by atoms with Crippen molar-refractivity contribution in [2.75, 3.05) is 5.75 Å². The maximum absolute atomic E-state index is 10.5. The van der Waals surface area contributed by atoms with Crippen LogP contribution in [-0.4, -0.2) is 23.7 Å². The molecule has 0 bridgehead atoms. The fourth-order valence-electron chi connectivity index (χ4n) is 1.24. The first kappa shape index (κ1) is 13.1. The van der Waals surface area contributed by atoms with E-state index >= 15 is 0 Å². The summed E-state index contributed by atoms with van der Waals surface area (Å²) in [5.74, 6) is -0.189. The molecule has 86 valence electrons. The number of nitrogens with zero attached hydrogens (tertiary/aromatic N) is 1. The molecule has 7 heteroatoms. The van der Waals surface area contributed by atoms with Crippen molar-refractivity contribution in [2.45, 2.75) is 26.2 Å². The molecule has 15 heavy (non-hydrogen) atoms. The van der Waals surface area contributed by atoms with E-state index in [0.29, 0.717) is 12.8 Å². The Morgan fingerprint density at radius 1 is 1.53 bits per heavy atom. The average Bonchev–Trinajstić information content (AvgIpc) is 2.44. The van der Waals surface area contributed by atoms with Crippen molar-refractivity contribution in [1.29, 1.82) is 0 Å². The summed E-state index contributed by atoms with van der Waals surface area (Å²) in [5, 5.41) is 0. The van der Waals surface area contributed by atoms with Crippen LogP contribution in [0.1, 0.15) is 23.9 Å². The number of thiazole rings is 1. The molecular weight excluding hydrogens is 302 g/mol. The lowest BCUT2D eigenvalue weighted by Gasteiger charge is -1.98. The zero-order valence-corrected chi connectivity index (χ0v) is 11.5. The van der Waals surface area contributed by atoms with Gasteiger partial charge in [0, 0.05) is 4.88 Å². The third-order valence-corrected chi connectivity index (χ3v) is 4.31. The van der Waals surface area contributed by atoms with E-state index in [1.165, 1.54) is 11.3 Å². The van der Waals surface area contributed by atoms with Crippen LogP contribution in [0.4, 0.5) is 0 Å². The van der Waals surface area contributed by atoms with Crippen LogP contribution in [0.5, 0.6) is 0 Å². The van der Waals surface area contributed by atoms with Crippen molar-refractivity contribution in [1.82, 2.24) is 4.98 Å². The van der Waals surface area contributed by atoms with Gasteiger partial charge in [-0.3, -0.25) is 4.55 Å². The van der Waals surface area contributed by atoms with Gasteiger partial charge in [0.05, 0.1) is 11.4 Å². The summed E-state index contributed by atoms with van der Waals surface area (Å²) in [6.45, 7) is 2.01. The van der Waals surface area contributed by atoms with E-state index in [9.17, 15) is 8.42 Å². The van der Waals surface area contributed by atoms with Gasteiger partial charge in [-0.25, -0.2) is 4.98 Å². The molecule has 1 heterocycles. The smallest absolute Gasteiger partial charge is 0.264 e. The number of aromatic nitrogens is 1. The van der Waals surface area contributed by atoms with Gasteiger partial charge in [0.15, 0.2) is 3.92 Å². The normalized spacial score (nSPS) is 11.9. The zero-order valence-electron chi connectivity index (χ0n) is 8.23. The van der Waals surface area contributed by atoms with Crippen LogP contribution >= 0.6 is 27.3 Å². The first-order chi connectivity index (χ1) is 6.92. The van der Waals surface area contributed by atoms with Crippen LogP contribution in [0.25, 0.3) is 0 Å². The largest absolute Gasteiger partial charge is 0.286 e. The molecule has 0 radical (unpaired) electrons. The molecular formula is C8H12BrNO3S2. The van der Waals surface area contributed by atoms with E-state index < -0.39 is 10.1 Å². The van der Waals surface area contributed by atoms with Gasteiger partial charge < -0.3 is 0 Å². The maximum Gasteiger partial charge on any atom is 0.264 e. The Bertz CT molecular complexity index is 427. The number of hydrogen-bond donors (Lipinski definition) is 1. The monoisotopic (exact) mass is 313 g/mol. The summed E-state index contributed by atoms with van der Waals surface area (Å²) < 4.78 is 30.4. The molecule has 4 nitrogen and oxygen atoms in total. The Morgan fingerprint density at radius 3 is 2.73 bits per heavy atom. The molecule has 0 aromatic carbocycles.